The van der Waals surface area contributed by atoms with Gasteiger partial charge in [0.1, 0.15) is 5.82 Å². The highest BCUT2D eigenvalue weighted by Crippen LogP contribution is 2.26. The van der Waals surface area contributed by atoms with E-state index in [1.54, 1.807) is 36.5 Å². The summed E-state index contributed by atoms with van der Waals surface area (Å²) in [6, 6.07) is 17.9. The number of benzene rings is 2. The molecule has 170 valence electrons. The summed E-state index contributed by atoms with van der Waals surface area (Å²) in [6.07, 6.45) is 12.8. The van der Waals surface area contributed by atoms with E-state index in [4.69, 9.17) is 0 Å². The number of amides is 1. The average molecular weight is 444 g/mol. The molecule has 0 aliphatic heterocycles. The van der Waals surface area contributed by atoms with Gasteiger partial charge in [0.05, 0.1) is 5.69 Å². The van der Waals surface area contributed by atoms with Gasteiger partial charge in [-0.05, 0) is 73.0 Å². The largest absolute Gasteiger partial charge is 0.355 e. The molecule has 1 amide bonds. The number of hydrogen-bond acceptors (Lipinski definition) is 3. The van der Waals surface area contributed by atoms with Crippen LogP contribution in [0.5, 0.6) is 0 Å². The molecule has 5 heteroatoms. The number of carbonyl (C=O) groups excluding carboxylic acids is 1. The molecule has 2 N–H and O–H groups in total. The Morgan fingerprint density at radius 2 is 1.82 bits per heavy atom. The summed E-state index contributed by atoms with van der Waals surface area (Å²) in [5.41, 5.74) is 3.22. The Kier molecular flexibility index (Phi) is 7.85. The van der Waals surface area contributed by atoms with Crippen molar-refractivity contribution in [3.05, 3.63) is 89.5 Å². The van der Waals surface area contributed by atoms with Crippen molar-refractivity contribution in [1.82, 2.24) is 10.3 Å². The molecule has 1 heterocycles. The van der Waals surface area contributed by atoms with Crippen molar-refractivity contribution in [2.24, 2.45) is 5.92 Å². The summed E-state index contributed by atoms with van der Waals surface area (Å²) in [6.45, 7) is 0.708. The number of halogens is 1. The van der Waals surface area contributed by atoms with Crippen molar-refractivity contribution in [2.45, 2.75) is 38.5 Å². The molecule has 1 aliphatic rings. The second kappa shape index (κ2) is 11.4. The van der Waals surface area contributed by atoms with Gasteiger partial charge in [-0.15, -0.1) is 0 Å². The van der Waals surface area contributed by atoms with Crippen molar-refractivity contribution in [3.8, 4) is 0 Å². The van der Waals surface area contributed by atoms with Crippen LogP contribution in [0, 0.1) is 11.7 Å². The fourth-order valence-electron chi connectivity index (χ4n) is 4.26. The third-order valence-corrected chi connectivity index (χ3v) is 6.10. The minimum atomic E-state index is -0.330. The van der Waals surface area contributed by atoms with Gasteiger partial charge in [0, 0.05) is 35.2 Å². The van der Waals surface area contributed by atoms with Crippen molar-refractivity contribution in [2.75, 3.05) is 11.9 Å². The highest BCUT2D eigenvalue weighted by Gasteiger charge is 2.14. The van der Waals surface area contributed by atoms with Gasteiger partial charge in [0.15, 0.2) is 0 Å². The fraction of sp³-hybridized carbons (Fsp3) is 0.286. The third-order valence-electron chi connectivity index (χ3n) is 6.10. The van der Waals surface area contributed by atoms with Gasteiger partial charge in [0.25, 0.3) is 5.91 Å². The molecule has 1 aliphatic carbocycles. The van der Waals surface area contributed by atoms with E-state index in [1.165, 1.54) is 38.2 Å². The van der Waals surface area contributed by atoms with E-state index in [0.717, 1.165) is 23.7 Å². The summed E-state index contributed by atoms with van der Waals surface area (Å²) in [5.74, 6) is 0.336. The van der Waals surface area contributed by atoms with Crippen LogP contribution in [0.1, 0.15) is 60.1 Å². The number of pyridine rings is 1. The molecule has 0 saturated heterocycles. The van der Waals surface area contributed by atoms with E-state index < -0.39 is 0 Å². The molecule has 4 rings (SSSR count). The van der Waals surface area contributed by atoms with Crippen LogP contribution in [0.25, 0.3) is 12.2 Å². The minimum absolute atomic E-state index is 0.0735. The van der Waals surface area contributed by atoms with Crippen molar-refractivity contribution in [3.63, 3.8) is 0 Å². The van der Waals surface area contributed by atoms with E-state index in [0.29, 0.717) is 23.4 Å². The van der Waals surface area contributed by atoms with Crippen molar-refractivity contribution < 1.29 is 9.18 Å². The number of nitrogens with one attached hydrogen (secondary N) is 2. The molecule has 1 aromatic heterocycles. The molecular formula is C28H30FN3O. The first-order chi connectivity index (χ1) is 16.2. The summed E-state index contributed by atoms with van der Waals surface area (Å²) in [5, 5.41) is 6.23. The van der Waals surface area contributed by atoms with E-state index in [-0.39, 0.29) is 11.7 Å². The molecule has 1 fully saturated rings. The minimum Gasteiger partial charge on any atom is -0.355 e. The molecule has 1 saturated carbocycles. The predicted molar refractivity (Wildman–Crippen MR) is 133 cm³/mol. The fourth-order valence-corrected chi connectivity index (χ4v) is 4.26. The molecule has 0 spiro atoms. The van der Waals surface area contributed by atoms with Gasteiger partial charge in [-0.1, -0.05) is 44.2 Å². The first kappa shape index (κ1) is 22.7. The SMILES string of the molecule is O=C(NCCC1CCCCC1)c1cccc(Nc2ccc(/C=C/c3ccccn3)c(F)c2)c1. The van der Waals surface area contributed by atoms with Crippen LogP contribution in [-0.4, -0.2) is 17.4 Å². The second-order valence-corrected chi connectivity index (χ2v) is 8.58. The number of carbonyl (C=O) groups is 1. The first-order valence-electron chi connectivity index (χ1n) is 11.7. The topological polar surface area (TPSA) is 54.0 Å². The molecule has 2 aromatic carbocycles. The van der Waals surface area contributed by atoms with Gasteiger partial charge in [-0.2, -0.15) is 0 Å². The molecule has 0 atom stereocenters. The van der Waals surface area contributed by atoms with E-state index in [1.807, 2.05) is 36.4 Å². The van der Waals surface area contributed by atoms with Crippen LogP contribution in [0.2, 0.25) is 0 Å². The van der Waals surface area contributed by atoms with Gasteiger partial charge in [-0.25, -0.2) is 4.39 Å². The van der Waals surface area contributed by atoms with Crippen molar-refractivity contribution in [1.29, 1.82) is 0 Å². The Balaban J connectivity index is 1.34. The van der Waals surface area contributed by atoms with E-state index >= 15 is 0 Å². The van der Waals surface area contributed by atoms with Crippen molar-refractivity contribution >= 4 is 29.4 Å². The first-order valence-corrected chi connectivity index (χ1v) is 11.7. The average Bonchev–Trinajstić information content (AvgIpc) is 2.85. The second-order valence-electron chi connectivity index (χ2n) is 8.58. The quantitative estimate of drug-likeness (QED) is 0.401. The summed E-state index contributed by atoms with van der Waals surface area (Å²) < 4.78 is 14.6. The van der Waals surface area contributed by atoms with Gasteiger partial charge < -0.3 is 10.6 Å². The lowest BCUT2D eigenvalue weighted by molar-refractivity contribution is 0.0950. The van der Waals surface area contributed by atoms with Gasteiger partial charge >= 0.3 is 0 Å². The number of anilines is 2. The van der Waals surface area contributed by atoms with Crippen LogP contribution >= 0.6 is 0 Å². The Bertz CT molecular complexity index is 1090. The maximum Gasteiger partial charge on any atom is 0.251 e. The zero-order valence-electron chi connectivity index (χ0n) is 18.8. The van der Waals surface area contributed by atoms with E-state index in [2.05, 4.69) is 15.6 Å². The Morgan fingerprint density at radius 1 is 0.970 bits per heavy atom. The maximum atomic E-state index is 14.6. The smallest absolute Gasteiger partial charge is 0.251 e. The third kappa shape index (κ3) is 6.75. The molecule has 3 aromatic rings. The van der Waals surface area contributed by atoms with Crippen LogP contribution in [-0.2, 0) is 0 Å². The van der Waals surface area contributed by atoms with Crippen LogP contribution < -0.4 is 10.6 Å². The lowest BCUT2D eigenvalue weighted by atomic mass is 9.87. The van der Waals surface area contributed by atoms with Crippen LogP contribution in [0.3, 0.4) is 0 Å². The Hall–Kier alpha value is -3.47. The lowest BCUT2D eigenvalue weighted by Gasteiger charge is -2.21. The predicted octanol–water partition coefficient (Wildman–Crippen LogP) is 6.83. The molecule has 0 radical (unpaired) electrons. The summed E-state index contributed by atoms with van der Waals surface area (Å²) in [7, 11) is 0. The summed E-state index contributed by atoms with van der Waals surface area (Å²) >= 11 is 0. The molecule has 0 bridgehead atoms. The monoisotopic (exact) mass is 443 g/mol. The Morgan fingerprint density at radius 3 is 2.61 bits per heavy atom. The highest BCUT2D eigenvalue weighted by molar-refractivity contribution is 5.95. The maximum absolute atomic E-state index is 14.6. The Labute approximate surface area is 195 Å². The van der Waals surface area contributed by atoms with E-state index in [9.17, 15) is 9.18 Å². The van der Waals surface area contributed by atoms with Crippen LogP contribution in [0.4, 0.5) is 15.8 Å². The number of aromatic nitrogens is 1. The number of hydrogen-bond donors (Lipinski definition) is 2. The molecular weight excluding hydrogens is 413 g/mol. The van der Waals surface area contributed by atoms with Crippen LogP contribution in [0.15, 0.2) is 66.9 Å². The summed E-state index contributed by atoms with van der Waals surface area (Å²) in [4.78, 5) is 16.8. The highest BCUT2D eigenvalue weighted by atomic mass is 19.1. The normalized spacial score (nSPS) is 14.3. The lowest BCUT2D eigenvalue weighted by Crippen LogP contribution is -2.26. The number of nitrogens with zero attached hydrogens (tertiary/aromatic N) is 1. The standard InChI is InChI=1S/C28H30FN3O/c29-27-20-26(15-13-22(27)12-14-24-10-4-5-17-30-24)32-25-11-6-9-23(19-25)28(33)31-18-16-21-7-2-1-3-8-21/h4-6,9-15,17,19-21,32H,1-3,7-8,16,18H2,(H,31,33)/b14-12+. The molecule has 33 heavy (non-hydrogen) atoms. The number of rotatable bonds is 8. The molecule has 4 nitrogen and oxygen atoms in total. The van der Waals surface area contributed by atoms with Gasteiger partial charge in [-0.3, -0.25) is 9.78 Å². The zero-order chi connectivity index (χ0) is 22.9. The van der Waals surface area contributed by atoms with Gasteiger partial charge in [0.2, 0.25) is 0 Å². The zero-order valence-corrected chi connectivity index (χ0v) is 18.8. The molecule has 0 unspecified atom stereocenters.